The van der Waals surface area contributed by atoms with Crippen molar-refractivity contribution in [3.05, 3.63) is 64.5 Å². The fraction of sp³-hybridized carbons (Fsp3) is 0.294. The van der Waals surface area contributed by atoms with Crippen LogP contribution >= 0.6 is 0 Å². The standard InChI is InChI=1S/C17H20FNO/c1-11-6-12(2)8-14(7-11)10-20-17-9-15(18)4-5-16(17)13(3)19/h4-9,13H,10,19H2,1-3H3/t13-/m1/s1. The van der Waals surface area contributed by atoms with Gasteiger partial charge in [-0.1, -0.05) is 35.4 Å². The molecular weight excluding hydrogens is 253 g/mol. The normalized spacial score (nSPS) is 12.2. The quantitative estimate of drug-likeness (QED) is 0.912. The zero-order valence-electron chi connectivity index (χ0n) is 12.1. The van der Waals surface area contributed by atoms with E-state index in [-0.39, 0.29) is 11.9 Å². The molecule has 1 atom stereocenters. The second kappa shape index (κ2) is 6.06. The van der Waals surface area contributed by atoms with E-state index in [0.29, 0.717) is 12.4 Å². The molecule has 3 heteroatoms. The van der Waals surface area contributed by atoms with Gasteiger partial charge in [-0.25, -0.2) is 4.39 Å². The highest BCUT2D eigenvalue weighted by Crippen LogP contribution is 2.26. The Labute approximate surface area is 119 Å². The third-order valence-corrected chi connectivity index (χ3v) is 3.14. The number of halogens is 1. The van der Waals surface area contributed by atoms with Crippen molar-refractivity contribution in [1.82, 2.24) is 0 Å². The largest absolute Gasteiger partial charge is 0.488 e. The van der Waals surface area contributed by atoms with Crippen LogP contribution in [-0.4, -0.2) is 0 Å². The van der Waals surface area contributed by atoms with E-state index < -0.39 is 0 Å². The van der Waals surface area contributed by atoms with E-state index in [4.69, 9.17) is 10.5 Å². The van der Waals surface area contributed by atoms with E-state index in [9.17, 15) is 4.39 Å². The van der Waals surface area contributed by atoms with Gasteiger partial charge in [-0.15, -0.1) is 0 Å². The number of nitrogens with two attached hydrogens (primary N) is 1. The molecule has 106 valence electrons. The molecule has 2 nitrogen and oxygen atoms in total. The van der Waals surface area contributed by atoms with Crippen molar-refractivity contribution >= 4 is 0 Å². The monoisotopic (exact) mass is 273 g/mol. The molecule has 0 heterocycles. The van der Waals surface area contributed by atoms with Crippen LogP contribution in [0.3, 0.4) is 0 Å². The number of ether oxygens (including phenoxy) is 1. The first-order valence-electron chi connectivity index (χ1n) is 6.70. The van der Waals surface area contributed by atoms with Gasteiger partial charge in [-0.2, -0.15) is 0 Å². The van der Waals surface area contributed by atoms with E-state index in [0.717, 1.165) is 11.1 Å². The van der Waals surface area contributed by atoms with E-state index in [2.05, 4.69) is 18.2 Å². The first kappa shape index (κ1) is 14.5. The lowest BCUT2D eigenvalue weighted by molar-refractivity contribution is 0.299. The van der Waals surface area contributed by atoms with Crippen LogP contribution in [0.4, 0.5) is 4.39 Å². The molecule has 0 aliphatic heterocycles. The Morgan fingerprint density at radius 1 is 1.10 bits per heavy atom. The predicted molar refractivity (Wildman–Crippen MR) is 79.3 cm³/mol. The molecule has 0 saturated carbocycles. The topological polar surface area (TPSA) is 35.2 Å². The van der Waals surface area contributed by atoms with Crippen LogP contribution in [0.2, 0.25) is 0 Å². The van der Waals surface area contributed by atoms with Gasteiger partial charge in [0.25, 0.3) is 0 Å². The maximum Gasteiger partial charge on any atom is 0.127 e. The van der Waals surface area contributed by atoms with Crippen LogP contribution in [-0.2, 0) is 6.61 Å². The fourth-order valence-corrected chi connectivity index (χ4v) is 2.32. The van der Waals surface area contributed by atoms with Gasteiger partial charge in [0.1, 0.15) is 18.2 Å². The molecule has 0 radical (unpaired) electrons. The van der Waals surface area contributed by atoms with Crippen molar-refractivity contribution < 1.29 is 9.13 Å². The number of rotatable bonds is 4. The van der Waals surface area contributed by atoms with Crippen molar-refractivity contribution in [2.24, 2.45) is 5.73 Å². The second-order valence-electron chi connectivity index (χ2n) is 5.26. The van der Waals surface area contributed by atoms with Crippen LogP contribution in [0.5, 0.6) is 5.75 Å². The number of aryl methyl sites for hydroxylation is 2. The van der Waals surface area contributed by atoms with Crippen LogP contribution in [0, 0.1) is 19.7 Å². The fourth-order valence-electron chi connectivity index (χ4n) is 2.32. The first-order valence-corrected chi connectivity index (χ1v) is 6.70. The second-order valence-corrected chi connectivity index (χ2v) is 5.26. The molecule has 20 heavy (non-hydrogen) atoms. The Morgan fingerprint density at radius 2 is 1.75 bits per heavy atom. The van der Waals surface area contributed by atoms with Gasteiger partial charge in [0, 0.05) is 17.7 Å². The highest BCUT2D eigenvalue weighted by Gasteiger charge is 2.10. The summed E-state index contributed by atoms with van der Waals surface area (Å²) in [5, 5.41) is 0. The molecular formula is C17H20FNO. The minimum absolute atomic E-state index is 0.190. The molecule has 0 saturated heterocycles. The minimum atomic E-state index is -0.315. The summed E-state index contributed by atoms with van der Waals surface area (Å²) in [7, 11) is 0. The van der Waals surface area contributed by atoms with Crippen LogP contribution in [0.1, 0.15) is 35.2 Å². The maximum atomic E-state index is 13.3. The SMILES string of the molecule is Cc1cc(C)cc(COc2cc(F)ccc2[C@@H](C)N)c1. The van der Waals surface area contributed by atoms with Gasteiger partial charge in [0.05, 0.1) is 0 Å². The molecule has 0 spiro atoms. The summed E-state index contributed by atoms with van der Waals surface area (Å²) in [5.41, 5.74) is 10.1. The lowest BCUT2D eigenvalue weighted by Crippen LogP contribution is -2.08. The summed E-state index contributed by atoms with van der Waals surface area (Å²) in [4.78, 5) is 0. The van der Waals surface area contributed by atoms with Crippen LogP contribution in [0.25, 0.3) is 0 Å². The van der Waals surface area contributed by atoms with Crippen molar-refractivity contribution in [1.29, 1.82) is 0 Å². The van der Waals surface area contributed by atoms with Gasteiger partial charge < -0.3 is 10.5 Å². The van der Waals surface area contributed by atoms with Crippen molar-refractivity contribution in [3.63, 3.8) is 0 Å². The smallest absolute Gasteiger partial charge is 0.127 e. The summed E-state index contributed by atoms with van der Waals surface area (Å²) in [5.74, 6) is 0.198. The van der Waals surface area contributed by atoms with Gasteiger partial charge in [-0.05, 0) is 32.4 Å². The Hall–Kier alpha value is -1.87. The summed E-state index contributed by atoms with van der Waals surface area (Å²) in [6.07, 6.45) is 0. The van der Waals surface area contributed by atoms with Gasteiger partial charge in [0.15, 0.2) is 0 Å². The third kappa shape index (κ3) is 3.58. The minimum Gasteiger partial charge on any atom is -0.488 e. The number of benzene rings is 2. The molecule has 2 aromatic carbocycles. The molecule has 2 rings (SSSR count). The van der Waals surface area contributed by atoms with E-state index in [1.54, 1.807) is 6.07 Å². The van der Waals surface area contributed by atoms with Gasteiger partial charge >= 0.3 is 0 Å². The number of hydrogen-bond donors (Lipinski definition) is 1. The predicted octanol–water partition coefficient (Wildman–Crippen LogP) is 4.04. The molecule has 0 aliphatic carbocycles. The van der Waals surface area contributed by atoms with Crippen molar-refractivity contribution in [3.8, 4) is 5.75 Å². The summed E-state index contributed by atoms with van der Waals surface area (Å²) in [6.45, 7) is 6.36. The van der Waals surface area contributed by atoms with E-state index in [1.165, 1.54) is 23.3 Å². The lowest BCUT2D eigenvalue weighted by atomic mass is 10.1. The van der Waals surface area contributed by atoms with Crippen molar-refractivity contribution in [2.45, 2.75) is 33.4 Å². The summed E-state index contributed by atoms with van der Waals surface area (Å²) >= 11 is 0. The van der Waals surface area contributed by atoms with Crippen LogP contribution < -0.4 is 10.5 Å². The average molecular weight is 273 g/mol. The van der Waals surface area contributed by atoms with E-state index >= 15 is 0 Å². The van der Waals surface area contributed by atoms with Gasteiger partial charge in [0.2, 0.25) is 0 Å². The average Bonchev–Trinajstić information content (AvgIpc) is 2.35. The molecule has 0 fully saturated rings. The molecule has 2 aromatic rings. The van der Waals surface area contributed by atoms with Crippen LogP contribution in [0.15, 0.2) is 36.4 Å². The zero-order chi connectivity index (χ0) is 14.7. The maximum absolute atomic E-state index is 13.3. The third-order valence-electron chi connectivity index (χ3n) is 3.14. The highest BCUT2D eigenvalue weighted by atomic mass is 19.1. The summed E-state index contributed by atoms with van der Waals surface area (Å²) in [6, 6.07) is 10.5. The first-order chi connectivity index (χ1) is 9.45. The Bertz CT molecular complexity index is 588. The number of hydrogen-bond acceptors (Lipinski definition) is 2. The molecule has 0 bridgehead atoms. The molecule has 0 unspecified atom stereocenters. The highest BCUT2D eigenvalue weighted by molar-refractivity contribution is 5.36. The molecule has 0 amide bonds. The van der Waals surface area contributed by atoms with Gasteiger partial charge in [-0.3, -0.25) is 0 Å². The molecule has 0 aromatic heterocycles. The van der Waals surface area contributed by atoms with E-state index in [1.807, 2.05) is 20.8 Å². The van der Waals surface area contributed by atoms with Crippen molar-refractivity contribution in [2.75, 3.05) is 0 Å². The Morgan fingerprint density at radius 3 is 2.35 bits per heavy atom. The Balaban J connectivity index is 2.20. The lowest BCUT2D eigenvalue weighted by Gasteiger charge is -2.14. The zero-order valence-corrected chi connectivity index (χ0v) is 12.1. The summed E-state index contributed by atoms with van der Waals surface area (Å²) < 4.78 is 19.1. The Kier molecular flexibility index (Phi) is 4.40. The molecule has 0 aliphatic rings. The molecule has 2 N–H and O–H groups in total.